The molecule has 3 aromatic rings. The van der Waals surface area contributed by atoms with E-state index in [1.165, 1.54) is 0 Å². The highest BCUT2D eigenvalue weighted by Gasteiger charge is 2.30. The number of hydrogen-bond acceptors (Lipinski definition) is 4. The first kappa shape index (κ1) is 14.6. The number of fused-ring (bicyclic) bond motifs is 1. The second-order valence-electron chi connectivity index (χ2n) is 5.85. The lowest BCUT2D eigenvalue weighted by Gasteiger charge is -2.14. The van der Waals surface area contributed by atoms with Crippen LogP contribution in [0.4, 0.5) is 0 Å². The van der Waals surface area contributed by atoms with Crippen LogP contribution < -0.4 is 0 Å². The smallest absolute Gasteiger partial charge is 0.158 e. The van der Waals surface area contributed by atoms with Crippen LogP contribution in [0, 0.1) is 0 Å². The van der Waals surface area contributed by atoms with Crippen molar-refractivity contribution in [2.45, 2.75) is 38.8 Å². The second kappa shape index (κ2) is 5.58. The van der Waals surface area contributed by atoms with Crippen molar-refractivity contribution in [3.05, 3.63) is 40.9 Å². The third-order valence-electron chi connectivity index (χ3n) is 4.36. The molecule has 1 saturated carbocycles. The number of halogens is 1. The van der Waals surface area contributed by atoms with Gasteiger partial charge in [-0.3, -0.25) is 0 Å². The molecule has 0 aromatic carbocycles. The summed E-state index contributed by atoms with van der Waals surface area (Å²) < 4.78 is 1.90. The zero-order chi connectivity index (χ0) is 16.0. The first-order chi connectivity index (χ1) is 11.2. The number of aliphatic hydroxyl groups excluding tert-OH is 1. The van der Waals surface area contributed by atoms with Crippen LogP contribution >= 0.6 is 11.6 Å². The highest BCUT2D eigenvalue weighted by Crippen LogP contribution is 2.44. The Kier molecular flexibility index (Phi) is 3.54. The minimum Gasteiger partial charge on any atom is -0.392 e. The van der Waals surface area contributed by atoms with Crippen LogP contribution in [0.2, 0.25) is 5.15 Å². The molecule has 3 heterocycles. The Balaban J connectivity index is 2.08. The summed E-state index contributed by atoms with van der Waals surface area (Å²) in [5.41, 5.74) is 4.67. The molecule has 0 unspecified atom stereocenters. The van der Waals surface area contributed by atoms with E-state index in [-0.39, 0.29) is 6.61 Å². The van der Waals surface area contributed by atoms with Gasteiger partial charge in [-0.1, -0.05) is 11.6 Å². The number of aliphatic hydroxyl groups is 1. The SMILES string of the molecule is CCn1ncc2c(-c3ccnc(Cl)c3)c(CO)c(C3CC3)nc21. The van der Waals surface area contributed by atoms with Gasteiger partial charge in [-0.15, -0.1) is 0 Å². The Hall–Kier alpha value is -1.98. The van der Waals surface area contributed by atoms with E-state index >= 15 is 0 Å². The van der Waals surface area contributed by atoms with Crippen LogP contribution in [0.5, 0.6) is 0 Å². The minimum absolute atomic E-state index is 0.0403. The summed E-state index contributed by atoms with van der Waals surface area (Å²) in [6.45, 7) is 2.77. The summed E-state index contributed by atoms with van der Waals surface area (Å²) in [5.74, 6) is 0.442. The molecule has 0 aliphatic heterocycles. The molecular weight excluding hydrogens is 312 g/mol. The zero-order valence-electron chi connectivity index (χ0n) is 12.8. The molecule has 1 aliphatic carbocycles. The average molecular weight is 329 g/mol. The molecule has 0 amide bonds. The Labute approximate surface area is 138 Å². The molecule has 4 rings (SSSR count). The van der Waals surface area contributed by atoms with E-state index in [9.17, 15) is 5.11 Å². The van der Waals surface area contributed by atoms with Crippen molar-refractivity contribution in [2.75, 3.05) is 0 Å². The summed E-state index contributed by atoms with van der Waals surface area (Å²) in [6, 6.07) is 3.75. The molecule has 1 N–H and O–H groups in total. The van der Waals surface area contributed by atoms with Crippen molar-refractivity contribution in [3.8, 4) is 11.1 Å². The van der Waals surface area contributed by atoms with Crippen LogP contribution in [0.3, 0.4) is 0 Å². The Morgan fingerprint density at radius 3 is 2.87 bits per heavy atom. The lowest BCUT2D eigenvalue weighted by Crippen LogP contribution is -2.04. The largest absolute Gasteiger partial charge is 0.392 e. The van der Waals surface area contributed by atoms with Crippen molar-refractivity contribution in [1.82, 2.24) is 19.7 Å². The summed E-state index contributed by atoms with van der Waals surface area (Å²) in [4.78, 5) is 8.90. The lowest BCUT2D eigenvalue weighted by molar-refractivity contribution is 0.280. The maximum absolute atomic E-state index is 10.0. The Bertz CT molecular complexity index is 886. The molecule has 0 atom stereocenters. The maximum atomic E-state index is 10.0. The highest BCUT2D eigenvalue weighted by atomic mass is 35.5. The number of hydrogen-bond donors (Lipinski definition) is 1. The van der Waals surface area contributed by atoms with Crippen LogP contribution in [0.25, 0.3) is 22.2 Å². The van der Waals surface area contributed by atoms with E-state index in [0.29, 0.717) is 11.1 Å². The van der Waals surface area contributed by atoms with Gasteiger partial charge < -0.3 is 5.11 Å². The zero-order valence-corrected chi connectivity index (χ0v) is 13.6. The Morgan fingerprint density at radius 1 is 1.39 bits per heavy atom. The van der Waals surface area contributed by atoms with E-state index in [0.717, 1.165) is 52.8 Å². The second-order valence-corrected chi connectivity index (χ2v) is 6.24. The topological polar surface area (TPSA) is 63.8 Å². The van der Waals surface area contributed by atoms with Gasteiger partial charge in [0.25, 0.3) is 0 Å². The van der Waals surface area contributed by atoms with Crippen LogP contribution in [0.1, 0.15) is 36.9 Å². The van der Waals surface area contributed by atoms with E-state index < -0.39 is 0 Å². The molecule has 3 aromatic heterocycles. The van der Waals surface area contributed by atoms with Gasteiger partial charge in [-0.05, 0) is 37.5 Å². The molecule has 1 aliphatic rings. The van der Waals surface area contributed by atoms with Gasteiger partial charge >= 0.3 is 0 Å². The van der Waals surface area contributed by atoms with Crippen molar-refractivity contribution in [2.24, 2.45) is 0 Å². The fraction of sp³-hybridized carbons (Fsp3) is 0.353. The van der Waals surface area contributed by atoms with Gasteiger partial charge in [0.15, 0.2) is 5.65 Å². The van der Waals surface area contributed by atoms with E-state index in [1.807, 2.05) is 29.9 Å². The van der Waals surface area contributed by atoms with Crippen molar-refractivity contribution >= 4 is 22.6 Å². The first-order valence-electron chi connectivity index (χ1n) is 7.84. The molecule has 0 spiro atoms. The van der Waals surface area contributed by atoms with Crippen LogP contribution in [-0.4, -0.2) is 24.9 Å². The number of aryl methyl sites for hydroxylation is 1. The molecule has 23 heavy (non-hydrogen) atoms. The molecule has 0 radical (unpaired) electrons. The van der Waals surface area contributed by atoms with Crippen LogP contribution in [-0.2, 0) is 13.2 Å². The molecular formula is C17H17ClN4O. The molecule has 1 fully saturated rings. The third-order valence-corrected chi connectivity index (χ3v) is 4.56. The quantitative estimate of drug-likeness (QED) is 0.744. The number of aromatic nitrogens is 4. The van der Waals surface area contributed by atoms with E-state index in [4.69, 9.17) is 16.6 Å². The van der Waals surface area contributed by atoms with Crippen molar-refractivity contribution in [1.29, 1.82) is 0 Å². The van der Waals surface area contributed by atoms with Gasteiger partial charge in [0.1, 0.15) is 5.15 Å². The first-order valence-corrected chi connectivity index (χ1v) is 8.21. The normalized spacial score (nSPS) is 14.6. The fourth-order valence-corrected chi connectivity index (χ4v) is 3.29. The monoisotopic (exact) mass is 328 g/mol. The summed E-state index contributed by atoms with van der Waals surface area (Å²) in [6.07, 6.45) is 5.77. The average Bonchev–Trinajstić information content (AvgIpc) is 3.33. The lowest BCUT2D eigenvalue weighted by atomic mass is 9.95. The highest BCUT2D eigenvalue weighted by molar-refractivity contribution is 6.29. The van der Waals surface area contributed by atoms with E-state index in [1.54, 1.807) is 6.20 Å². The summed E-state index contributed by atoms with van der Waals surface area (Å²) >= 11 is 6.08. The van der Waals surface area contributed by atoms with Gasteiger partial charge in [0.2, 0.25) is 0 Å². The minimum atomic E-state index is -0.0403. The van der Waals surface area contributed by atoms with Gasteiger partial charge in [0, 0.05) is 35.2 Å². The van der Waals surface area contributed by atoms with Crippen molar-refractivity contribution in [3.63, 3.8) is 0 Å². The molecule has 5 nitrogen and oxygen atoms in total. The van der Waals surface area contributed by atoms with Gasteiger partial charge in [0.05, 0.1) is 18.5 Å². The van der Waals surface area contributed by atoms with Gasteiger partial charge in [-0.25, -0.2) is 14.6 Å². The predicted octanol–water partition coefficient (Wildman–Crippen LogP) is 3.54. The molecule has 6 heteroatoms. The Morgan fingerprint density at radius 2 is 2.22 bits per heavy atom. The molecule has 0 saturated heterocycles. The van der Waals surface area contributed by atoms with E-state index in [2.05, 4.69) is 10.1 Å². The number of pyridine rings is 2. The predicted molar refractivity (Wildman–Crippen MR) is 89.3 cm³/mol. The third kappa shape index (κ3) is 2.40. The maximum Gasteiger partial charge on any atom is 0.158 e. The summed E-state index contributed by atoms with van der Waals surface area (Å²) in [5, 5.41) is 15.8. The van der Waals surface area contributed by atoms with Gasteiger partial charge in [-0.2, -0.15) is 5.10 Å². The standard InChI is InChI=1S/C17H17ClN4O/c1-2-22-17-12(8-20-22)15(11-5-6-19-14(18)7-11)13(9-23)16(21-17)10-3-4-10/h5-8,10,23H,2-4,9H2,1H3. The molecule has 0 bridgehead atoms. The number of nitrogens with zero attached hydrogens (tertiary/aromatic N) is 4. The fourth-order valence-electron chi connectivity index (χ4n) is 3.12. The number of rotatable bonds is 4. The van der Waals surface area contributed by atoms with Crippen LogP contribution in [0.15, 0.2) is 24.5 Å². The molecule has 118 valence electrons. The van der Waals surface area contributed by atoms with Crippen molar-refractivity contribution < 1.29 is 5.11 Å². The summed E-state index contributed by atoms with van der Waals surface area (Å²) in [7, 11) is 0.